The van der Waals surface area contributed by atoms with E-state index in [1.54, 1.807) is 37.3 Å². The van der Waals surface area contributed by atoms with Crippen molar-refractivity contribution in [3.8, 4) is 5.75 Å². The molecule has 1 heterocycles. The van der Waals surface area contributed by atoms with Crippen LogP contribution in [0.5, 0.6) is 5.75 Å². The minimum atomic E-state index is -0.238. The van der Waals surface area contributed by atoms with Gasteiger partial charge in [-0.25, -0.2) is 4.79 Å². The molecule has 3 rings (SSSR count). The number of rotatable bonds is 3. The molecular weight excluding hydrogens is 408 g/mol. The maximum Gasteiger partial charge on any atom is 0.319 e. The molecule has 8 nitrogen and oxygen atoms in total. The first-order valence-electron chi connectivity index (χ1n) is 11.7. The average molecular weight is 447 g/mol. The first-order valence-corrected chi connectivity index (χ1v) is 11.7. The normalized spacial score (nSPS) is 25.7. The van der Waals surface area contributed by atoms with E-state index >= 15 is 0 Å². The Labute approximate surface area is 191 Å². The number of anilines is 1. The second-order valence-electron chi connectivity index (χ2n) is 9.20. The Kier molecular flexibility index (Phi) is 8.75. The number of hydrogen-bond acceptors (Lipinski definition) is 5. The SMILES string of the molecule is CO[C@H]1CN(C)C(=O)c2cc(NC(=O)NC3CCCCC3)ccc2OC[C@H](C)NC[C@@H]1C. The minimum absolute atomic E-state index is 0.0879. The molecule has 3 atom stereocenters. The molecule has 3 amide bonds. The highest BCUT2D eigenvalue weighted by Gasteiger charge is 2.26. The van der Waals surface area contributed by atoms with Crippen molar-refractivity contribution in [1.29, 1.82) is 0 Å². The molecule has 3 N–H and O–H groups in total. The third kappa shape index (κ3) is 6.59. The first-order chi connectivity index (χ1) is 15.4. The van der Waals surface area contributed by atoms with Gasteiger partial charge >= 0.3 is 6.03 Å². The molecular formula is C24H38N4O4. The number of carbonyl (C=O) groups excluding carboxylic acids is 2. The van der Waals surface area contributed by atoms with Crippen molar-refractivity contribution < 1.29 is 19.1 Å². The monoisotopic (exact) mass is 446 g/mol. The summed E-state index contributed by atoms with van der Waals surface area (Å²) < 4.78 is 11.7. The van der Waals surface area contributed by atoms with Crippen LogP contribution in [0.25, 0.3) is 0 Å². The Hall–Kier alpha value is -2.32. The zero-order valence-corrected chi connectivity index (χ0v) is 19.8. The topological polar surface area (TPSA) is 91.9 Å². The number of amides is 3. The van der Waals surface area contributed by atoms with Gasteiger partial charge in [-0.1, -0.05) is 26.2 Å². The number of likely N-dealkylation sites (N-methyl/N-ethyl adjacent to an activating group) is 1. The number of urea groups is 1. The summed E-state index contributed by atoms with van der Waals surface area (Å²) in [5, 5.41) is 9.40. The lowest BCUT2D eigenvalue weighted by Crippen LogP contribution is -2.44. The molecule has 0 radical (unpaired) electrons. The standard InChI is InChI=1S/C24H38N4O4/c1-16-13-25-17(2)15-32-21-11-10-19(27-24(30)26-18-8-6-5-7-9-18)12-20(21)23(29)28(3)14-22(16)31-4/h10-12,16-18,22,25H,5-9,13-15H2,1-4H3,(H2,26,27,30)/t16-,17-,22-/m0/s1. The van der Waals surface area contributed by atoms with Crippen LogP contribution in [0, 0.1) is 5.92 Å². The lowest BCUT2D eigenvalue weighted by molar-refractivity contribution is 0.0281. The van der Waals surface area contributed by atoms with Crippen molar-refractivity contribution in [2.45, 2.75) is 64.1 Å². The van der Waals surface area contributed by atoms with Crippen LogP contribution in [-0.4, -0.2) is 68.9 Å². The summed E-state index contributed by atoms with van der Waals surface area (Å²) in [4.78, 5) is 27.4. The van der Waals surface area contributed by atoms with Gasteiger partial charge in [-0.2, -0.15) is 0 Å². The fraction of sp³-hybridized carbons (Fsp3) is 0.667. The van der Waals surface area contributed by atoms with Crippen molar-refractivity contribution in [2.24, 2.45) is 5.92 Å². The number of fused-ring (bicyclic) bond motifs is 1. The summed E-state index contributed by atoms with van der Waals surface area (Å²) in [6.07, 6.45) is 5.47. The van der Waals surface area contributed by atoms with Crippen molar-refractivity contribution >= 4 is 17.6 Å². The molecule has 1 saturated carbocycles. The second kappa shape index (κ2) is 11.5. The fourth-order valence-electron chi connectivity index (χ4n) is 4.34. The summed E-state index contributed by atoms with van der Waals surface area (Å²) in [6, 6.07) is 5.32. The minimum Gasteiger partial charge on any atom is -0.491 e. The summed E-state index contributed by atoms with van der Waals surface area (Å²) >= 11 is 0. The van der Waals surface area contributed by atoms with E-state index in [9.17, 15) is 9.59 Å². The summed E-state index contributed by atoms with van der Waals surface area (Å²) in [5.41, 5.74) is 0.996. The van der Waals surface area contributed by atoms with Gasteiger partial charge in [-0.05, 0) is 43.9 Å². The number of benzene rings is 1. The summed E-state index contributed by atoms with van der Waals surface area (Å²) in [6.45, 7) is 5.84. The zero-order valence-electron chi connectivity index (χ0n) is 19.8. The van der Waals surface area contributed by atoms with E-state index < -0.39 is 0 Å². The Bertz CT molecular complexity index is 781. The van der Waals surface area contributed by atoms with E-state index in [-0.39, 0.29) is 36.0 Å². The molecule has 1 aromatic rings. The highest BCUT2D eigenvalue weighted by molar-refractivity contribution is 5.99. The molecule has 8 heteroatoms. The molecule has 1 fully saturated rings. The quantitative estimate of drug-likeness (QED) is 0.663. The summed E-state index contributed by atoms with van der Waals surface area (Å²) in [5.74, 6) is 0.580. The van der Waals surface area contributed by atoms with Gasteiger partial charge in [0, 0.05) is 45.0 Å². The fourth-order valence-corrected chi connectivity index (χ4v) is 4.34. The van der Waals surface area contributed by atoms with Crippen LogP contribution in [0.2, 0.25) is 0 Å². The van der Waals surface area contributed by atoms with E-state index in [1.807, 2.05) is 0 Å². The lowest BCUT2D eigenvalue weighted by atomic mass is 9.96. The molecule has 1 aliphatic heterocycles. The van der Waals surface area contributed by atoms with Crippen molar-refractivity contribution in [3.05, 3.63) is 23.8 Å². The lowest BCUT2D eigenvalue weighted by Gasteiger charge is -2.30. The van der Waals surface area contributed by atoms with Gasteiger partial charge in [0.15, 0.2) is 0 Å². The van der Waals surface area contributed by atoms with Crippen LogP contribution in [0.1, 0.15) is 56.3 Å². The van der Waals surface area contributed by atoms with Crippen LogP contribution in [0.4, 0.5) is 10.5 Å². The van der Waals surface area contributed by atoms with E-state index in [2.05, 4.69) is 29.8 Å². The van der Waals surface area contributed by atoms with E-state index in [0.717, 1.165) is 32.2 Å². The van der Waals surface area contributed by atoms with Gasteiger partial charge < -0.3 is 30.3 Å². The van der Waals surface area contributed by atoms with Crippen LogP contribution in [0.15, 0.2) is 18.2 Å². The van der Waals surface area contributed by atoms with Gasteiger partial charge in [-0.3, -0.25) is 4.79 Å². The van der Waals surface area contributed by atoms with E-state index in [4.69, 9.17) is 9.47 Å². The highest BCUT2D eigenvalue weighted by Crippen LogP contribution is 2.26. The molecule has 1 aromatic carbocycles. The number of ether oxygens (including phenoxy) is 2. The van der Waals surface area contributed by atoms with Gasteiger partial charge in [0.2, 0.25) is 0 Å². The molecule has 32 heavy (non-hydrogen) atoms. The van der Waals surface area contributed by atoms with Gasteiger partial charge in [0.25, 0.3) is 5.91 Å². The Morgan fingerprint density at radius 1 is 1.22 bits per heavy atom. The predicted octanol–water partition coefficient (Wildman–Crippen LogP) is 3.23. The van der Waals surface area contributed by atoms with Gasteiger partial charge in [0.1, 0.15) is 12.4 Å². The Morgan fingerprint density at radius 2 is 1.97 bits per heavy atom. The first kappa shape index (κ1) is 24.3. The van der Waals surface area contributed by atoms with E-state index in [0.29, 0.717) is 30.2 Å². The third-order valence-corrected chi connectivity index (χ3v) is 6.42. The van der Waals surface area contributed by atoms with Gasteiger partial charge in [0.05, 0.1) is 11.7 Å². The maximum absolute atomic E-state index is 13.3. The highest BCUT2D eigenvalue weighted by atomic mass is 16.5. The molecule has 0 bridgehead atoms. The molecule has 0 unspecified atom stereocenters. The van der Waals surface area contributed by atoms with E-state index in [1.165, 1.54) is 6.42 Å². The largest absolute Gasteiger partial charge is 0.491 e. The van der Waals surface area contributed by atoms with Crippen molar-refractivity contribution in [1.82, 2.24) is 15.5 Å². The number of nitrogens with one attached hydrogen (secondary N) is 3. The smallest absolute Gasteiger partial charge is 0.319 e. The number of methoxy groups -OCH3 is 1. The maximum atomic E-state index is 13.3. The Morgan fingerprint density at radius 3 is 2.69 bits per heavy atom. The second-order valence-corrected chi connectivity index (χ2v) is 9.20. The number of carbonyl (C=O) groups is 2. The van der Waals surface area contributed by atoms with Gasteiger partial charge in [-0.15, -0.1) is 0 Å². The van der Waals surface area contributed by atoms with Crippen LogP contribution < -0.4 is 20.7 Å². The van der Waals surface area contributed by atoms with Crippen LogP contribution in [-0.2, 0) is 4.74 Å². The summed E-state index contributed by atoms with van der Waals surface area (Å²) in [7, 11) is 3.45. The zero-order chi connectivity index (χ0) is 23.1. The van der Waals surface area contributed by atoms with Crippen LogP contribution >= 0.6 is 0 Å². The molecule has 2 aliphatic rings. The third-order valence-electron chi connectivity index (χ3n) is 6.42. The number of nitrogens with zero attached hydrogens (tertiary/aromatic N) is 1. The molecule has 0 spiro atoms. The van der Waals surface area contributed by atoms with Crippen molar-refractivity contribution in [3.63, 3.8) is 0 Å². The molecule has 1 aliphatic carbocycles. The molecule has 178 valence electrons. The average Bonchev–Trinajstić information content (AvgIpc) is 2.79. The van der Waals surface area contributed by atoms with Crippen molar-refractivity contribution in [2.75, 3.05) is 39.2 Å². The van der Waals surface area contributed by atoms with Crippen LogP contribution in [0.3, 0.4) is 0 Å². The predicted molar refractivity (Wildman–Crippen MR) is 125 cm³/mol. The Balaban J connectivity index is 1.78. The molecule has 0 saturated heterocycles. The molecule has 0 aromatic heterocycles. The number of hydrogen-bond donors (Lipinski definition) is 3.